The molecular weight excluding hydrogens is 183 g/mol. The highest BCUT2D eigenvalue weighted by Crippen LogP contribution is 2.52. The lowest BCUT2D eigenvalue weighted by Gasteiger charge is -2.23. The van der Waals surface area contributed by atoms with E-state index in [-0.39, 0.29) is 6.42 Å². The van der Waals surface area contributed by atoms with Gasteiger partial charge in [-0.3, -0.25) is 9.36 Å². The fraction of sp³-hybridized carbons (Fsp3) is 0.500. The Morgan fingerprint density at radius 2 is 2.08 bits per heavy atom. The van der Waals surface area contributed by atoms with Gasteiger partial charge in [-0.25, -0.2) is 0 Å². The van der Waals surface area contributed by atoms with Crippen molar-refractivity contribution in [3.05, 3.63) is 12.7 Å². The van der Waals surface area contributed by atoms with Crippen molar-refractivity contribution in [3.63, 3.8) is 0 Å². The molecule has 1 atom stereocenters. The van der Waals surface area contributed by atoms with E-state index in [1.54, 1.807) is 0 Å². The molecular formula is C6H11O5P. The minimum absolute atomic E-state index is 0.257. The zero-order chi connectivity index (χ0) is 9.99. The van der Waals surface area contributed by atoms with Crippen molar-refractivity contribution in [3.8, 4) is 0 Å². The molecule has 0 aliphatic carbocycles. The molecule has 0 heterocycles. The molecule has 0 saturated carbocycles. The number of aliphatic carboxylic acids is 1. The second-order valence-corrected chi connectivity index (χ2v) is 4.69. The van der Waals surface area contributed by atoms with Gasteiger partial charge in [0.2, 0.25) is 0 Å². The molecule has 0 spiro atoms. The molecule has 70 valence electrons. The topological polar surface area (TPSA) is 94.8 Å². The maximum Gasteiger partial charge on any atom is 0.342 e. The van der Waals surface area contributed by atoms with Crippen LogP contribution in [0.5, 0.6) is 0 Å². The summed E-state index contributed by atoms with van der Waals surface area (Å²) >= 11 is 0. The third-order valence-electron chi connectivity index (χ3n) is 1.65. The lowest BCUT2D eigenvalue weighted by atomic mass is 10.1. The first kappa shape index (κ1) is 11.4. The molecule has 0 aliphatic heterocycles. The number of carboxylic acid groups (broad SMARTS) is 1. The van der Waals surface area contributed by atoms with Crippen LogP contribution in [-0.2, 0) is 9.36 Å². The van der Waals surface area contributed by atoms with Crippen molar-refractivity contribution in [2.75, 3.05) is 0 Å². The maximum absolute atomic E-state index is 10.8. The van der Waals surface area contributed by atoms with Crippen LogP contribution >= 0.6 is 7.60 Å². The van der Waals surface area contributed by atoms with E-state index in [4.69, 9.17) is 14.9 Å². The predicted octanol–water partition coefficient (Wildman–Crippen LogP) is 0.583. The zero-order valence-corrected chi connectivity index (χ0v) is 7.49. The Bertz CT molecular complexity index is 242. The number of allylic oxidation sites excluding steroid dienone is 1. The van der Waals surface area contributed by atoms with Gasteiger partial charge in [-0.05, 0) is 13.3 Å². The normalized spacial score (nSPS) is 16.6. The lowest BCUT2D eigenvalue weighted by molar-refractivity contribution is -0.140. The molecule has 5 nitrogen and oxygen atoms in total. The van der Waals surface area contributed by atoms with E-state index in [0.29, 0.717) is 0 Å². The molecule has 0 aliphatic rings. The quantitative estimate of drug-likeness (QED) is 0.449. The summed E-state index contributed by atoms with van der Waals surface area (Å²) in [5.74, 6) is -1.52. The van der Waals surface area contributed by atoms with Crippen LogP contribution in [0.25, 0.3) is 0 Å². The molecule has 0 radical (unpaired) electrons. The maximum atomic E-state index is 10.8. The highest BCUT2D eigenvalue weighted by atomic mass is 31.2. The summed E-state index contributed by atoms with van der Waals surface area (Å²) in [4.78, 5) is 28.0. The Kier molecular flexibility index (Phi) is 3.21. The fourth-order valence-corrected chi connectivity index (χ4v) is 1.23. The van der Waals surface area contributed by atoms with Crippen LogP contribution in [0.3, 0.4) is 0 Å². The predicted molar refractivity (Wildman–Crippen MR) is 42.9 cm³/mol. The van der Waals surface area contributed by atoms with Gasteiger partial charge in [-0.1, -0.05) is 6.08 Å². The van der Waals surface area contributed by atoms with Crippen LogP contribution in [0.4, 0.5) is 0 Å². The number of carbonyl (C=O) groups is 1. The fourth-order valence-electron chi connectivity index (χ4n) is 0.612. The van der Waals surface area contributed by atoms with Gasteiger partial charge in [0.25, 0.3) is 0 Å². The minimum Gasteiger partial charge on any atom is -0.480 e. The van der Waals surface area contributed by atoms with Gasteiger partial charge in [0.1, 0.15) is 0 Å². The number of hydrogen-bond acceptors (Lipinski definition) is 2. The molecule has 0 saturated heterocycles. The van der Waals surface area contributed by atoms with Gasteiger partial charge in [-0.2, -0.15) is 0 Å². The first-order chi connectivity index (χ1) is 5.25. The van der Waals surface area contributed by atoms with E-state index in [9.17, 15) is 9.36 Å². The Morgan fingerprint density at radius 1 is 1.67 bits per heavy atom. The van der Waals surface area contributed by atoms with E-state index >= 15 is 0 Å². The van der Waals surface area contributed by atoms with Crippen LogP contribution in [0.1, 0.15) is 13.3 Å². The van der Waals surface area contributed by atoms with Gasteiger partial charge in [-0.15, -0.1) is 6.58 Å². The molecule has 0 bridgehead atoms. The summed E-state index contributed by atoms with van der Waals surface area (Å²) in [7, 11) is -4.63. The van der Waals surface area contributed by atoms with Gasteiger partial charge < -0.3 is 14.9 Å². The average molecular weight is 194 g/mol. The highest BCUT2D eigenvalue weighted by molar-refractivity contribution is 7.54. The second-order valence-electron chi connectivity index (χ2n) is 2.62. The van der Waals surface area contributed by atoms with Crippen molar-refractivity contribution in [2.45, 2.75) is 18.5 Å². The van der Waals surface area contributed by atoms with Crippen molar-refractivity contribution in [1.82, 2.24) is 0 Å². The summed E-state index contributed by atoms with van der Waals surface area (Å²) < 4.78 is 10.8. The first-order valence-corrected chi connectivity index (χ1v) is 4.77. The molecule has 12 heavy (non-hydrogen) atoms. The van der Waals surface area contributed by atoms with Gasteiger partial charge in [0.05, 0.1) is 0 Å². The van der Waals surface area contributed by atoms with Crippen LogP contribution in [0, 0.1) is 0 Å². The molecule has 0 fully saturated rings. The van der Waals surface area contributed by atoms with Crippen molar-refractivity contribution < 1.29 is 24.3 Å². The standard InChI is InChI=1S/C6H11O5P/c1-3-4-6(2,5(7)8)12(9,10)11/h3H,1,4H2,2H3,(H,7,8)(H2,9,10,11). The number of hydrogen-bond donors (Lipinski definition) is 3. The van der Waals surface area contributed by atoms with Gasteiger partial charge in [0.15, 0.2) is 5.16 Å². The Balaban J connectivity index is 5.01. The SMILES string of the molecule is C=CCC(C)(C(=O)O)P(=O)(O)O. The van der Waals surface area contributed by atoms with E-state index in [1.807, 2.05) is 0 Å². The third kappa shape index (κ3) is 1.94. The molecule has 1 unspecified atom stereocenters. The van der Waals surface area contributed by atoms with Gasteiger partial charge >= 0.3 is 13.6 Å². The molecule has 0 rings (SSSR count). The largest absolute Gasteiger partial charge is 0.480 e. The third-order valence-corrected chi connectivity index (χ3v) is 3.31. The molecule has 6 heteroatoms. The number of rotatable bonds is 4. The van der Waals surface area contributed by atoms with E-state index in [1.165, 1.54) is 6.08 Å². The van der Waals surface area contributed by atoms with Crippen LogP contribution in [0.2, 0.25) is 0 Å². The Morgan fingerprint density at radius 3 is 2.17 bits per heavy atom. The summed E-state index contributed by atoms with van der Waals surface area (Å²) in [5.41, 5.74) is 0. The molecule has 0 amide bonds. The van der Waals surface area contributed by atoms with Crippen LogP contribution in [-0.4, -0.2) is 26.0 Å². The molecule has 3 N–H and O–H groups in total. The summed E-state index contributed by atoms with van der Waals surface area (Å²) in [6, 6.07) is 0. The first-order valence-electron chi connectivity index (χ1n) is 3.15. The smallest absolute Gasteiger partial charge is 0.342 e. The van der Waals surface area contributed by atoms with Crippen molar-refractivity contribution in [2.24, 2.45) is 0 Å². The van der Waals surface area contributed by atoms with Crippen molar-refractivity contribution in [1.29, 1.82) is 0 Å². The minimum atomic E-state index is -4.63. The second kappa shape index (κ2) is 3.39. The monoisotopic (exact) mass is 194 g/mol. The van der Waals surface area contributed by atoms with Crippen LogP contribution in [0.15, 0.2) is 12.7 Å². The van der Waals surface area contributed by atoms with Crippen LogP contribution < -0.4 is 0 Å². The average Bonchev–Trinajstić information content (AvgIpc) is 1.85. The lowest BCUT2D eigenvalue weighted by Crippen LogP contribution is -2.34. The van der Waals surface area contributed by atoms with Gasteiger partial charge in [0, 0.05) is 0 Å². The molecule has 0 aromatic rings. The zero-order valence-electron chi connectivity index (χ0n) is 6.60. The highest BCUT2D eigenvalue weighted by Gasteiger charge is 2.48. The molecule has 0 aromatic carbocycles. The number of carboxylic acids is 1. The van der Waals surface area contributed by atoms with Crippen molar-refractivity contribution >= 4 is 13.6 Å². The van der Waals surface area contributed by atoms with E-state index in [0.717, 1.165) is 6.92 Å². The van der Waals surface area contributed by atoms with E-state index < -0.39 is 18.7 Å². The Hall–Kier alpha value is -0.640. The van der Waals surface area contributed by atoms with E-state index in [2.05, 4.69) is 6.58 Å². The summed E-state index contributed by atoms with van der Waals surface area (Å²) in [6.07, 6.45) is 0.916. The molecule has 0 aromatic heterocycles. The summed E-state index contributed by atoms with van der Waals surface area (Å²) in [5, 5.41) is 6.51. The summed E-state index contributed by atoms with van der Waals surface area (Å²) in [6.45, 7) is 4.23. The Labute approximate surface area is 69.9 Å².